The summed E-state index contributed by atoms with van der Waals surface area (Å²) in [7, 11) is 0. The summed E-state index contributed by atoms with van der Waals surface area (Å²) in [6.07, 6.45) is 2.11. The Morgan fingerprint density at radius 3 is 2.80 bits per heavy atom. The van der Waals surface area contributed by atoms with Crippen molar-refractivity contribution < 1.29 is 9.90 Å². The second-order valence-corrected chi connectivity index (χ2v) is 5.80. The number of benzene rings is 1. The van der Waals surface area contributed by atoms with Crippen LogP contribution in [0.15, 0.2) is 33.6 Å². The molecular formula is C11H11BrO2S. The third-order valence-corrected chi connectivity index (χ3v) is 4.21. The predicted octanol–water partition coefficient (Wildman–Crippen LogP) is 3.40. The largest absolute Gasteiger partial charge is 0.480 e. The Balaban J connectivity index is 2.08. The minimum atomic E-state index is -0.692. The van der Waals surface area contributed by atoms with Gasteiger partial charge in [0.2, 0.25) is 0 Å². The molecule has 1 N–H and O–H groups in total. The Kier molecular flexibility index (Phi) is 3.36. The molecule has 1 saturated carbocycles. The molecule has 2 rings (SSSR count). The first-order valence-corrected chi connectivity index (χ1v) is 6.49. The zero-order chi connectivity index (χ0) is 10.8. The third-order valence-electron chi connectivity index (χ3n) is 2.35. The number of hydrogen-bond donors (Lipinski definition) is 1. The molecule has 0 radical (unpaired) electrons. The van der Waals surface area contributed by atoms with Crippen LogP contribution in [0.3, 0.4) is 0 Å². The molecule has 2 nitrogen and oxygen atoms in total. The molecule has 1 unspecified atom stereocenters. The van der Waals surface area contributed by atoms with Crippen LogP contribution < -0.4 is 0 Å². The summed E-state index contributed by atoms with van der Waals surface area (Å²) >= 11 is 4.83. The van der Waals surface area contributed by atoms with Crippen molar-refractivity contribution in [2.45, 2.75) is 23.0 Å². The van der Waals surface area contributed by atoms with Crippen molar-refractivity contribution >= 4 is 33.7 Å². The van der Waals surface area contributed by atoms with E-state index in [1.54, 1.807) is 0 Å². The van der Waals surface area contributed by atoms with Crippen LogP contribution in [0.1, 0.15) is 12.8 Å². The fraction of sp³-hybridized carbons (Fsp3) is 0.364. The summed E-state index contributed by atoms with van der Waals surface area (Å²) in [4.78, 5) is 12.1. The molecule has 0 bridgehead atoms. The van der Waals surface area contributed by atoms with Gasteiger partial charge in [-0.1, -0.05) is 22.0 Å². The zero-order valence-corrected chi connectivity index (χ0v) is 10.4. The highest BCUT2D eigenvalue weighted by atomic mass is 79.9. The minimum absolute atomic E-state index is 0.278. The van der Waals surface area contributed by atoms with Gasteiger partial charge < -0.3 is 5.11 Å². The van der Waals surface area contributed by atoms with Gasteiger partial charge in [0.15, 0.2) is 0 Å². The highest BCUT2D eigenvalue weighted by Gasteiger charge is 2.36. The van der Waals surface area contributed by atoms with Gasteiger partial charge in [-0.3, -0.25) is 4.79 Å². The van der Waals surface area contributed by atoms with E-state index >= 15 is 0 Å². The highest BCUT2D eigenvalue weighted by molar-refractivity contribution is 9.10. The molecule has 1 aliphatic carbocycles. The number of carboxylic acid groups (broad SMARTS) is 1. The van der Waals surface area contributed by atoms with Crippen LogP contribution in [0.5, 0.6) is 0 Å². The lowest BCUT2D eigenvalue weighted by Gasteiger charge is -2.10. The van der Waals surface area contributed by atoms with E-state index in [9.17, 15) is 4.79 Å². The SMILES string of the molecule is O=C(O)C(Sc1cccc(Br)c1)C1CC1. The highest BCUT2D eigenvalue weighted by Crippen LogP contribution is 2.42. The Morgan fingerprint density at radius 2 is 2.27 bits per heavy atom. The van der Waals surface area contributed by atoms with E-state index in [1.165, 1.54) is 11.8 Å². The molecule has 1 aromatic rings. The maximum absolute atomic E-state index is 11.0. The second kappa shape index (κ2) is 4.58. The number of carboxylic acids is 1. The quantitative estimate of drug-likeness (QED) is 0.862. The van der Waals surface area contributed by atoms with Crippen LogP contribution >= 0.6 is 27.7 Å². The van der Waals surface area contributed by atoms with Crippen molar-refractivity contribution in [1.82, 2.24) is 0 Å². The maximum atomic E-state index is 11.0. The first kappa shape index (κ1) is 11.0. The molecule has 4 heteroatoms. The Morgan fingerprint density at radius 1 is 1.53 bits per heavy atom. The predicted molar refractivity (Wildman–Crippen MR) is 64.1 cm³/mol. The smallest absolute Gasteiger partial charge is 0.317 e. The van der Waals surface area contributed by atoms with E-state index in [0.717, 1.165) is 22.2 Å². The van der Waals surface area contributed by atoms with Crippen LogP contribution in [0, 0.1) is 5.92 Å². The topological polar surface area (TPSA) is 37.3 Å². The molecule has 15 heavy (non-hydrogen) atoms. The van der Waals surface area contributed by atoms with Gasteiger partial charge in [0, 0.05) is 9.37 Å². The molecule has 0 aliphatic heterocycles. The molecular weight excluding hydrogens is 276 g/mol. The molecule has 1 aromatic carbocycles. The van der Waals surface area contributed by atoms with Crippen LogP contribution in [-0.4, -0.2) is 16.3 Å². The van der Waals surface area contributed by atoms with E-state index in [2.05, 4.69) is 15.9 Å². The van der Waals surface area contributed by atoms with E-state index in [0.29, 0.717) is 5.92 Å². The van der Waals surface area contributed by atoms with Gasteiger partial charge in [-0.25, -0.2) is 0 Å². The fourth-order valence-corrected chi connectivity index (χ4v) is 3.20. The van der Waals surface area contributed by atoms with E-state index in [-0.39, 0.29) is 5.25 Å². The Labute approximate surface area is 101 Å². The lowest BCUT2D eigenvalue weighted by atomic mass is 10.3. The molecule has 1 atom stereocenters. The van der Waals surface area contributed by atoms with Crippen LogP contribution in [0.25, 0.3) is 0 Å². The number of carbonyl (C=O) groups is 1. The van der Waals surface area contributed by atoms with Gasteiger partial charge in [0.25, 0.3) is 0 Å². The number of rotatable bonds is 4. The van der Waals surface area contributed by atoms with Crippen molar-refractivity contribution in [3.8, 4) is 0 Å². The molecule has 80 valence electrons. The molecule has 0 spiro atoms. The van der Waals surface area contributed by atoms with Gasteiger partial charge in [-0.05, 0) is 37.0 Å². The lowest BCUT2D eigenvalue weighted by molar-refractivity contribution is -0.136. The van der Waals surface area contributed by atoms with Crippen molar-refractivity contribution in [1.29, 1.82) is 0 Å². The number of thioether (sulfide) groups is 1. The minimum Gasteiger partial charge on any atom is -0.480 e. The first-order valence-electron chi connectivity index (χ1n) is 4.82. The van der Waals surface area contributed by atoms with Crippen LogP contribution in [-0.2, 0) is 4.79 Å². The van der Waals surface area contributed by atoms with Gasteiger partial charge in [-0.2, -0.15) is 0 Å². The number of aliphatic carboxylic acids is 1. The van der Waals surface area contributed by atoms with Gasteiger partial charge in [0.1, 0.15) is 5.25 Å². The second-order valence-electron chi connectivity index (χ2n) is 3.67. The Hall–Kier alpha value is -0.480. The fourth-order valence-electron chi connectivity index (χ4n) is 1.43. The van der Waals surface area contributed by atoms with Crippen LogP contribution in [0.2, 0.25) is 0 Å². The molecule has 0 aromatic heterocycles. The Bertz CT molecular complexity index is 377. The summed E-state index contributed by atoms with van der Waals surface area (Å²) in [5, 5.41) is 8.80. The van der Waals surface area contributed by atoms with Crippen molar-refractivity contribution in [2.24, 2.45) is 5.92 Å². The van der Waals surface area contributed by atoms with Crippen molar-refractivity contribution in [3.63, 3.8) is 0 Å². The molecule has 0 amide bonds. The first-order chi connectivity index (χ1) is 7.16. The molecule has 0 saturated heterocycles. The number of hydrogen-bond acceptors (Lipinski definition) is 2. The average molecular weight is 287 g/mol. The standard InChI is InChI=1S/C11H11BrO2S/c12-8-2-1-3-9(6-8)15-10(11(13)14)7-4-5-7/h1-3,6-7,10H,4-5H2,(H,13,14). The van der Waals surface area contributed by atoms with Gasteiger partial charge in [-0.15, -0.1) is 11.8 Å². The zero-order valence-electron chi connectivity index (χ0n) is 8.02. The summed E-state index contributed by atoms with van der Waals surface area (Å²) < 4.78 is 0.993. The lowest BCUT2D eigenvalue weighted by Crippen LogP contribution is -2.18. The summed E-state index contributed by atoms with van der Waals surface area (Å²) in [6, 6.07) is 7.78. The van der Waals surface area contributed by atoms with E-state index in [4.69, 9.17) is 5.11 Å². The van der Waals surface area contributed by atoms with Crippen molar-refractivity contribution in [3.05, 3.63) is 28.7 Å². The normalized spacial score (nSPS) is 17.4. The van der Waals surface area contributed by atoms with Crippen LogP contribution in [0.4, 0.5) is 0 Å². The van der Waals surface area contributed by atoms with Gasteiger partial charge in [0.05, 0.1) is 0 Å². The van der Waals surface area contributed by atoms with E-state index < -0.39 is 5.97 Å². The van der Waals surface area contributed by atoms with E-state index in [1.807, 2.05) is 24.3 Å². The maximum Gasteiger partial charge on any atom is 0.317 e. The molecule has 0 heterocycles. The summed E-state index contributed by atoms with van der Waals surface area (Å²) in [6.45, 7) is 0. The molecule has 1 fully saturated rings. The summed E-state index contributed by atoms with van der Waals surface area (Å²) in [5.74, 6) is -0.325. The summed E-state index contributed by atoms with van der Waals surface area (Å²) in [5.41, 5.74) is 0. The third kappa shape index (κ3) is 2.98. The van der Waals surface area contributed by atoms with Gasteiger partial charge >= 0.3 is 5.97 Å². The van der Waals surface area contributed by atoms with Crippen molar-refractivity contribution in [2.75, 3.05) is 0 Å². The number of halogens is 1. The molecule has 1 aliphatic rings. The monoisotopic (exact) mass is 286 g/mol. The average Bonchev–Trinajstić information content (AvgIpc) is 2.97.